The van der Waals surface area contributed by atoms with Crippen LogP contribution in [0.2, 0.25) is 0 Å². The van der Waals surface area contributed by atoms with Crippen LogP contribution in [0.15, 0.2) is 48.7 Å². The van der Waals surface area contributed by atoms with Gasteiger partial charge in [0, 0.05) is 26.0 Å². The Morgan fingerprint density at radius 3 is 2.24 bits per heavy atom. The van der Waals surface area contributed by atoms with Gasteiger partial charge in [0.1, 0.15) is 6.54 Å². The van der Waals surface area contributed by atoms with E-state index in [0.29, 0.717) is 11.4 Å². The van der Waals surface area contributed by atoms with Gasteiger partial charge in [0.2, 0.25) is 15.9 Å². The summed E-state index contributed by atoms with van der Waals surface area (Å²) in [4.78, 5) is 18.2. The van der Waals surface area contributed by atoms with E-state index in [4.69, 9.17) is 0 Å². The summed E-state index contributed by atoms with van der Waals surface area (Å²) in [5, 5.41) is 2.69. The zero-order valence-corrected chi connectivity index (χ0v) is 15.3. The van der Waals surface area contributed by atoms with Gasteiger partial charge in [0.25, 0.3) is 0 Å². The fourth-order valence-corrected chi connectivity index (χ4v) is 3.05. The molecule has 134 valence electrons. The third-order valence-electron chi connectivity index (χ3n) is 3.53. The molecule has 0 aliphatic rings. The Morgan fingerprint density at radius 2 is 1.72 bits per heavy atom. The van der Waals surface area contributed by atoms with E-state index < -0.39 is 15.9 Å². The molecule has 2 aromatic rings. The van der Waals surface area contributed by atoms with Crippen molar-refractivity contribution >= 4 is 27.3 Å². The minimum absolute atomic E-state index is 0.247. The van der Waals surface area contributed by atoms with Crippen molar-refractivity contribution in [2.45, 2.75) is 6.54 Å². The first-order valence-corrected chi connectivity index (χ1v) is 9.54. The van der Waals surface area contributed by atoms with E-state index in [1.807, 2.05) is 25.1 Å². The van der Waals surface area contributed by atoms with Crippen LogP contribution in [-0.2, 0) is 21.4 Å². The number of carbonyl (C=O) groups excluding carboxylic acids is 1. The molecule has 1 heterocycles. The summed E-state index contributed by atoms with van der Waals surface area (Å²) in [7, 11) is 0.209. The molecule has 7 nitrogen and oxygen atoms in total. The second-order valence-electron chi connectivity index (χ2n) is 5.78. The number of pyridine rings is 1. The van der Waals surface area contributed by atoms with Crippen LogP contribution in [0.1, 0.15) is 5.69 Å². The Bertz CT molecular complexity index is 806. The molecule has 1 amide bonds. The highest BCUT2D eigenvalue weighted by Crippen LogP contribution is 2.21. The maximum Gasteiger partial charge on any atom is 0.241 e. The highest BCUT2D eigenvalue weighted by molar-refractivity contribution is 7.92. The number of carbonyl (C=O) groups is 1. The van der Waals surface area contributed by atoms with Gasteiger partial charge in [-0.3, -0.25) is 14.1 Å². The van der Waals surface area contributed by atoms with Crippen molar-refractivity contribution in [2.75, 3.05) is 36.1 Å². The lowest BCUT2D eigenvalue weighted by Crippen LogP contribution is -2.40. The molecule has 0 bridgehead atoms. The molecule has 0 aliphatic heterocycles. The molecular weight excluding hydrogens is 340 g/mol. The first kappa shape index (κ1) is 18.7. The van der Waals surface area contributed by atoms with Crippen LogP contribution < -0.4 is 14.5 Å². The first-order chi connectivity index (χ1) is 11.8. The number of anilines is 2. The smallest absolute Gasteiger partial charge is 0.241 e. The Morgan fingerprint density at radius 1 is 1.08 bits per heavy atom. The Labute approximate surface area is 148 Å². The number of nitrogens with one attached hydrogen (secondary N) is 1. The second kappa shape index (κ2) is 7.98. The molecule has 0 spiro atoms. The zero-order valence-electron chi connectivity index (χ0n) is 14.5. The normalized spacial score (nSPS) is 11.0. The number of benzene rings is 1. The molecule has 0 unspecified atom stereocenters. The Kier molecular flexibility index (Phi) is 5.97. The first-order valence-electron chi connectivity index (χ1n) is 7.69. The van der Waals surface area contributed by atoms with Crippen LogP contribution >= 0.6 is 0 Å². The monoisotopic (exact) mass is 362 g/mol. The molecular formula is C17H22N4O3S. The van der Waals surface area contributed by atoms with Crippen LogP contribution in [0.5, 0.6) is 0 Å². The zero-order chi connectivity index (χ0) is 18.4. The van der Waals surface area contributed by atoms with Crippen molar-refractivity contribution in [3.63, 3.8) is 0 Å². The highest BCUT2D eigenvalue weighted by atomic mass is 32.2. The van der Waals surface area contributed by atoms with Crippen LogP contribution in [0, 0.1) is 0 Å². The molecule has 0 fully saturated rings. The minimum atomic E-state index is -3.59. The molecule has 0 radical (unpaired) electrons. The quantitative estimate of drug-likeness (QED) is 0.801. The van der Waals surface area contributed by atoms with Crippen molar-refractivity contribution in [1.82, 2.24) is 10.3 Å². The summed E-state index contributed by atoms with van der Waals surface area (Å²) in [6, 6.07) is 12.4. The summed E-state index contributed by atoms with van der Waals surface area (Å²) >= 11 is 0. The van der Waals surface area contributed by atoms with Crippen LogP contribution in [-0.4, -0.2) is 46.2 Å². The van der Waals surface area contributed by atoms with Gasteiger partial charge in [0.15, 0.2) is 0 Å². The van der Waals surface area contributed by atoms with E-state index in [1.165, 1.54) is 0 Å². The number of aromatic nitrogens is 1. The number of sulfonamides is 1. The van der Waals surface area contributed by atoms with Crippen molar-refractivity contribution in [2.24, 2.45) is 0 Å². The lowest BCUT2D eigenvalue weighted by Gasteiger charge is -2.22. The van der Waals surface area contributed by atoms with Crippen LogP contribution in [0.25, 0.3) is 0 Å². The molecule has 0 saturated carbocycles. The largest absolute Gasteiger partial charge is 0.378 e. The van der Waals surface area contributed by atoms with Gasteiger partial charge < -0.3 is 10.2 Å². The van der Waals surface area contributed by atoms with E-state index in [1.54, 1.807) is 42.6 Å². The molecule has 0 aliphatic carbocycles. The number of hydrogen-bond donors (Lipinski definition) is 1. The molecule has 2 rings (SSSR count). The summed E-state index contributed by atoms with van der Waals surface area (Å²) in [6.07, 6.45) is 2.72. The molecule has 0 saturated heterocycles. The Balaban J connectivity index is 2.09. The van der Waals surface area contributed by atoms with E-state index >= 15 is 0 Å². The SMILES string of the molecule is CN(C)c1ccc(N(CC(=O)NCc2ccccn2)S(C)(=O)=O)cc1. The summed E-state index contributed by atoms with van der Waals surface area (Å²) in [6.45, 7) is -0.0379. The van der Waals surface area contributed by atoms with Gasteiger partial charge in [-0.25, -0.2) is 8.42 Å². The van der Waals surface area contributed by atoms with Gasteiger partial charge in [-0.05, 0) is 36.4 Å². The average molecular weight is 362 g/mol. The molecule has 8 heteroatoms. The van der Waals surface area contributed by atoms with E-state index in [9.17, 15) is 13.2 Å². The van der Waals surface area contributed by atoms with Crippen molar-refractivity contribution in [1.29, 1.82) is 0 Å². The predicted molar refractivity (Wildman–Crippen MR) is 99.0 cm³/mol. The lowest BCUT2D eigenvalue weighted by atomic mass is 10.2. The molecule has 25 heavy (non-hydrogen) atoms. The summed E-state index contributed by atoms with van der Waals surface area (Å²) in [5.74, 6) is -0.396. The number of nitrogens with zero attached hydrogens (tertiary/aromatic N) is 3. The maximum absolute atomic E-state index is 12.2. The van der Waals surface area contributed by atoms with E-state index in [2.05, 4.69) is 10.3 Å². The van der Waals surface area contributed by atoms with E-state index in [0.717, 1.165) is 16.2 Å². The number of rotatable bonds is 7. The van der Waals surface area contributed by atoms with Gasteiger partial charge in [-0.1, -0.05) is 6.07 Å². The van der Waals surface area contributed by atoms with Crippen molar-refractivity contribution < 1.29 is 13.2 Å². The summed E-state index contributed by atoms with van der Waals surface area (Å²) < 4.78 is 25.3. The molecule has 1 aromatic heterocycles. The predicted octanol–water partition coefficient (Wildman–Crippen LogP) is 1.23. The number of amides is 1. The molecule has 1 N–H and O–H groups in total. The van der Waals surface area contributed by atoms with Gasteiger partial charge in [0.05, 0.1) is 24.2 Å². The Hall–Kier alpha value is -2.61. The van der Waals surface area contributed by atoms with E-state index in [-0.39, 0.29) is 13.1 Å². The lowest BCUT2D eigenvalue weighted by molar-refractivity contribution is -0.119. The fourth-order valence-electron chi connectivity index (χ4n) is 2.20. The fraction of sp³-hybridized carbons (Fsp3) is 0.294. The standard InChI is InChI=1S/C17H22N4O3S/c1-20(2)15-7-9-16(10-8-15)21(25(3,23)24)13-17(22)19-12-14-6-4-5-11-18-14/h4-11H,12-13H2,1-3H3,(H,19,22). The molecule has 0 atom stereocenters. The number of hydrogen-bond acceptors (Lipinski definition) is 5. The van der Waals surface area contributed by atoms with Crippen LogP contribution in [0.3, 0.4) is 0 Å². The van der Waals surface area contributed by atoms with Crippen molar-refractivity contribution in [3.8, 4) is 0 Å². The maximum atomic E-state index is 12.2. The third-order valence-corrected chi connectivity index (χ3v) is 4.68. The van der Waals surface area contributed by atoms with Crippen molar-refractivity contribution in [3.05, 3.63) is 54.4 Å². The summed E-state index contributed by atoms with van der Waals surface area (Å²) in [5.41, 5.74) is 2.09. The third kappa shape index (κ3) is 5.46. The minimum Gasteiger partial charge on any atom is -0.378 e. The highest BCUT2D eigenvalue weighted by Gasteiger charge is 2.20. The topological polar surface area (TPSA) is 82.6 Å². The van der Waals surface area contributed by atoms with Gasteiger partial charge in [-0.15, -0.1) is 0 Å². The average Bonchev–Trinajstić information content (AvgIpc) is 2.58. The second-order valence-corrected chi connectivity index (χ2v) is 7.69. The molecule has 1 aromatic carbocycles. The van der Waals surface area contributed by atoms with Crippen LogP contribution in [0.4, 0.5) is 11.4 Å². The van der Waals surface area contributed by atoms with Gasteiger partial charge in [-0.2, -0.15) is 0 Å². The van der Waals surface area contributed by atoms with Gasteiger partial charge >= 0.3 is 0 Å².